The summed E-state index contributed by atoms with van der Waals surface area (Å²) in [5.41, 5.74) is 0.212. The van der Waals surface area contributed by atoms with Gasteiger partial charge in [0, 0.05) is 4.88 Å². The molecule has 0 spiro atoms. The Hall–Kier alpha value is -0.900. The van der Waals surface area contributed by atoms with Crippen LogP contribution in [0.25, 0.3) is 0 Å². The minimum atomic E-state index is -0.925. The lowest BCUT2D eigenvalue weighted by atomic mass is 10.3. The second kappa shape index (κ2) is 3.67. The second-order valence-corrected chi connectivity index (χ2v) is 3.86. The molecule has 0 saturated carbocycles. The Morgan fingerprint density at radius 3 is 2.75 bits per heavy atom. The molecule has 12 heavy (non-hydrogen) atoms. The third-order valence-corrected chi connectivity index (χ3v) is 2.54. The molecule has 4 heteroatoms. The van der Waals surface area contributed by atoms with Gasteiger partial charge in [-0.2, -0.15) is 0 Å². The number of aromatic carboxylic acids is 1. The highest BCUT2D eigenvalue weighted by Gasteiger charge is 2.12. The van der Waals surface area contributed by atoms with Crippen molar-refractivity contribution in [3.63, 3.8) is 0 Å². The third-order valence-electron chi connectivity index (χ3n) is 1.51. The first-order valence-corrected chi connectivity index (χ1v) is 4.66. The van der Waals surface area contributed by atoms with Crippen LogP contribution in [0.3, 0.4) is 0 Å². The van der Waals surface area contributed by atoms with E-state index in [0.29, 0.717) is 0 Å². The van der Waals surface area contributed by atoms with Gasteiger partial charge >= 0.3 is 5.97 Å². The quantitative estimate of drug-likeness (QED) is 0.784. The van der Waals surface area contributed by atoms with Crippen molar-refractivity contribution in [1.82, 2.24) is 4.98 Å². The van der Waals surface area contributed by atoms with Crippen molar-refractivity contribution in [2.75, 3.05) is 0 Å². The Labute approximate surface area is 75.1 Å². The van der Waals surface area contributed by atoms with Crippen LogP contribution in [0, 0.1) is 6.92 Å². The van der Waals surface area contributed by atoms with E-state index in [2.05, 4.69) is 11.9 Å². The molecule has 1 rings (SSSR count). The zero-order valence-corrected chi connectivity index (χ0v) is 7.94. The zero-order valence-electron chi connectivity index (χ0n) is 7.13. The van der Waals surface area contributed by atoms with Crippen molar-refractivity contribution in [3.8, 4) is 0 Å². The van der Waals surface area contributed by atoms with E-state index in [1.54, 1.807) is 6.92 Å². The number of carboxylic acids is 1. The maximum absolute atomic E-state index is 10.6. The van der Waals surface area contributed by atoms with E-state index in [1.807, 2.05) is 0 Å². The molecule has 0 atom stereocenters. The number of rotatable bonds is 3. The van der Waals surface area contributed by atoms with Gasteiger partial charge in [0.25, 0.3) is 0 Å². The Morgan fingerprint density at radius 1 is 1.67 bits per heavy atom. The Balaban J connectivity index is 2.92. The van der Waals surface area contributed by atoms with Gasteiger partial charge in [-0.15, -0.1) is 11.3 Å². The first-order valence-electron chi connectivity index (χ1n) is 3.84. The van der Waals surface area contributed by atoms with Gasteiger partial charge in [0.2, 0.25) is 0 Å². The first kappa shape index (κ1) is 9.19. The summed E-state index contributed by atoms with van der Waals surface area (Å²) in [5.74, 6) is -0.925. The topological polar surface area (TPSA) is 50.2 Å². The summed E-state index contributed by atoms with van der Waals surface area (Å²) in [6.07, 6.45) is 1.88. The van der Waals surface area contributed by atoms with Gasteiger partial charge in [-0.1, -0.05) is 6.92 Å². The molecule has 3 nitrogen and oxygen atoms in total. The van der Waals surface area contributed by atoms with Crippen LogP contribution in [0.2, 0.25) is 0 Å². The van der Waals surface area contributed by atoms with Gasteiger partial charge in [0.15, 0.2) is 5.69 Å². The summed E-state index contributed by atoms with van der Waals surface area (Å²) in [4.78, 5) is 15.4. The number of carboxylic acid groups (broad SMARTS) is 1. The standard InChI is InChI=1S/C8H11NO2S/c1-3-4-6-9-7(8(10)11)5(2)12-6/h3-4H2,1-2H3,(H,10,11). The van der Waals surface area contributed by atoms with Crippen LogP contribution in [0.5, 0.6) is 0 Å². The van der Waals surface area contributed by atoms with E-state index in [1.165, 1.54) is 11.3 Å². The molecule has 0 radical (unpaired) electrons. The minimum Gasteiger partial charge on any atom is -0.476 e. The van der Waals surface area contributed by atoms with Crippen molar-refractivity contribution in [2.45, 2.75) is 26.7 Å². The molecule has 0 unspecified atom stereocenters. The molecule has 0 aliphatic heterocycles. The molecule has 1 heterocycles. The fourth-order valence-electron chi connectivity index (χ4n) is 0.971. The van der Waals surface area contributed by atoms with Gasteiger partial charge < -0.3 is 5.11 Å². The Morgan fingerprint density at radius 2 is 2.33 bits per heavy atom. The summed E-state index contributed by atoms with van der Waals surface area (Å²) in [7, 11) is 0. The molecule has 0 aliphatic carbocycles. The SMILES string of the molecule is CCCc1nc(C(=O)O)c(C)s1. The van der Waals surface area contributed by atoms with Crippen molar-refractivity contribution >= 4 is 17.3 Å². The lowest BCUT2D eigenvalue weighted by Gasteiger charge is -1.86. The molecule has 0 saturated heterocycles. The lowest BCUT2D eigenvalue weighted by Crippen LogP contribution is -1.98. The van der Waals surface area contributed by atoms with Crippen LogP contribution in [0.1, 0.15) is 33.7 Å². The van der Waals surface area contributed by atoms with E-state index < -0.39 is 5.97 Å². The molecule has 1 aromatic rings. The molecule has 0 aromatic carbocycles. The molecular formula is C8H11NO2S. The second-order valence-electron chi connectivity index (χ2n) is 2.57. The fraction of sp³-hybridized carbons (Fsp3) is 0.500. The molecule has 0 fully saturated rings. The number of hydrogen-bond donors (Lipinski definition) is 1. The van der Waals surface area contributed by atoms with Crippen molar-refractivity contribution in [1.29, 1.82) is 0 Å². The summed E-state index contributed by atoms with van der Waals surface area (Å²) >= 11 is 1.48. The molecule has 0 bridgehead atoms. The van der Waals surface area contributed by atoms with Crippen LogP contribution in [-0.4, -0.2) is 16.1 Å². The van der Waals surface area contributed by atoms with Crippen LogP contribution in [-0.2, 0) is 6.42 Å². The number of aromatic nitrogens is 1. The van der Waals surface area contributed by atoms with Gasteiger partial charge in [0.05, 0.1) is 5.01 Å². The van der Waals surface area contributed by atoms with Crippen LogP contribution in [0.4, 0.5) is 0 Å². The number of hydrogen-bond acceptors (Lipinski definition) is 3. The molecule has 0 amide bonds. The maximum Gasteiger partial charge on any atom is 0.355 e. The molecule has 66 valence electrons. The average molecular weight is 185 g/mol. The predicted molar refractivity (Wildman–Crippen MR) is 47.8 cm³/mol. The van der Waals surface area contributed by atoms with E-state index in [4.69, 9.17) is 5.11 Å². The van der Waals surface area contributed by atoms with Crippen molar-refractivity contribution in [2.24, 2.45) is 0 Å². The van der Waals surface area contributed by atoms with Crippen molar-refractivity contribution < 1.29 is 9.90 Å². The zero-order chi connectivity index (χ0) is 9.14. The Kier molecular flexibility index (Phi) is 2.81. The van der Waals surface area contributed by atoms with Gasteiger partial charge in [-0.05, 0) is 19.8 Å². The molecular weight excluding hydrogens is 174 g/mol. The van der Waals surface area contributed by atoms with Crippen molar-refractivity contribution in [3.05, 3.63) is 15.6 Å². The highest BCUT2D eigenvalue weighted by molar-refractivity contribution is 7.11. The largest absolute Gasteiger partial charge is 0.476 e. The van der Waals surface area contributed by atoms with E-state index in [9.17, 15) is 4.79 Å². The lowest BCUT2D eigenvalue weighted by molar-refractivity contribution is 0.0690. The summed E-state index contributed by atoms with van der Waals surface area (Å²) in [6, 6.07) is 0. The number of carbonyl (C=O) groups is 1. The third kappa shape index (κ3) is 1.82. The highest BCUT2D eigenvalue weighted by Crippen LogP contribution is 2.18. The minimum absolute atomic E-state index is 0.212. The van der Waals surface area contributed by atoms with Crippen LogP contribution >= 0.6 is 11.3 Å². The summed E-state index contributed by atoms with van der Waals surface area (Å²) in [6.45, 7) is 3.84. The van der Waals surface area contributed by atoms with Crippen LogP contribution in [0.15, 0.2) is 0 Å². The van der Waals surface area contributed by atoms with Gasteiger partial charge in [0.1, 0.15) is 0 Å². The van der Waals surface area contributed by atoms with Crippen LogP contribution < -0.4 is 0 Å². The predicted octanol–water partition coefficient (Wildman–Crippen LogP) is 2.10. The highest BCUT2D eigenvalue weighted by atomic mass is 32.1. The van der Waals surface area contributed by atoms with E-state index in [-0.39, 0.29) is 5.69 Å². The average Bonchev–Trinajstić information content (AvgIpc) is 2.32. The molecule has 0 aliphatic rings. The summed E-state index contributed by atoms with van der Waals surface area (Å²) < 4.78 is 0. The Bertz CT molecular complexity index is 293. The smallest absolute Gasteiger partial charge is 0.355 e. The van der Waals surface area contributed by atoms with E-state index in [0.717, 1.165) is 22.7 Å². The first-order chi connectivity index (χ1) is 5.65. The van der Waals surface area contributed by atoms with Gasteiger partial charge in [-0.25, -0.2) is 9.78 Å². The molecule has 1 N–H and O–H groups in total. The number of nitrogens with zero attached hydrogens (tertiary/aromatic N) is 1. The fourth-order valence-corrected chi connectivity index (χ4v) is 2.00. The molecule has 1 aromatic heterocycles. The monoisotopic (exact) mass is 185 g/mol. The maximum atomic E-state index is 10.6. The van der Waals surface area contributed by atoms with Gasteiger partial charge in [-0.3, -0.25) is 0 Å². The summed E-state index contributed by atoms with van der Waals surface area (Å²) in [5, 5.41) is 9.61. The van der Waals surface area contributed by atoms with E-state index >= 15 is 0 Å². The normalized spacial score (nSPS) is 10.2. The number of aryl methyl sites for hydroxylation is 2. The number of thiazole rings is 1.